The number of carbonyl (C=O) groups excluding carboxylic acids is 1. The van der Waals surface area contributed by atoms with Gasteiger partial charge in [-0.25, -0.2) is 6.08 Å². The maximum Gasteiger partial charge on any atom is 0.225 e. The van der Waals surface area contributed by atoms with E-state index in [2.05, 4.69) is 27.9 Å². The number of amides is 1. The van der Waals surface area contributed by atoms with Crippen molar-refractivity contribution < 1.29 is 42.2 Å². The van der Waals surface area contributed by atoms with Gasteiger partial charge in [0.25, 0.3) is 0 Å². The zero-order valence-electron chi connectivity index (χ0n) is 12.0. The Morgan fingerprint density at radius 3 is 2.90 bits per heavy atom. The van der Waals surface area contributed by atoms with Gasteiger partial charge in [-0.2, -0.15) is 0 Å². The van der Waals surface area contributed by atoms with Crippen molar-refractivity contribution in [2.75, 3.05) is 13.7 Å². The van der Waals surface area contributed by atoms with Gasteiger partial charge in [-0.15, -0.1) is 23.8 Å². The van der Waals surface area contributed by atoms with Crippen LogP contribution in [-0.4, -0.2) is 24.5 Å². The van der Waals surface area contributed by atoms with E-state index in [0.29, 0.717) is 12.2 Å². The van der Waals surface area contributed by atoms with Gasteiger partial charge >= 0.3 is 0 Å². The Hall–Kier alpha value is -0.626. The van der Waals surface area contributed by atoms with E-state index in [4.69, 9.17) is 11.2 Å². The third-order valence-corrected chi connectivity index (χ3v) is 3.84. The van der Waals surface area contributed by atoms with E-state index in [0.717, 1.165) is 15.7 Å². The molecular weight excluding hydrogens is 407 g/mol. The Kier molecular flexibility index (Phi) is 7.13. The Morgan fingerprint density at radius 2 is 2.29 bits per heavy atom. The molecule has 0 saturated carbocycles. The van der Waals surface area contributed by atoms with Crippen molar-refractivity contribution in [1.29, 1.82) is 0 Å². The molecule has 0 aromatic heterocycles. The largest absolute Gasteiger partial charge is 0.481 e. The summed E-state index contributed by atoms with van der Waals surface area (Å²) in [6.45, 7) is 2.14. The van der Waals surface area contributed by atoms with Crippen LogP contribution in [0.5, 0.6) is 5.75 Å². The monoisotopic (exact) mass is 421 g/mol. The van der Waals surface area contributed by atoms with Crippen LogP contribution >= 0.6 is 15.9 Å². The standard InChI is InChI=1S/C16H15BrNO2.Y/c1-4-9-20-12-6-7-13(14(17)10-12)15-8-5-11(2)16(19)18(15)3;/h1,6-7,10-11H,5,9H2,2-3H3;/q-1;. The Balaban J connectivity index is 0.00000220. The molecule has 1 aromatic rings. The van der Waals surface area contributed by atoms with E-state index in [1.807, 2.05) is 25.1 Å². The molecule has 1 aromatic carbocycles. The molecule has 3 nitrogen and oxygen atoms in total. The summed E-state index contributed by atoms with van der Waals surface area (Å²) in [5, 5.41) is 0. The smallest absolute Gasteiger partial charge is 0.225 e. The minimum Gasteiger partial charge on any atom is -0.481 e. The van der Waals surface area contributed by atoms with Crippen LogP contribution in [0.25, 0.3) is 5.70 Å². The van der Waals surface area contributed by atoms with Gasteiger partial charge < -0.3 is 9.64 Å². The first-order chi connectivity index (χ1) is 9.54. The minimum absolute atomic E-state index is 0. The zero-order chi connectivity index (χ0) is 14.7. The normalized spacial score (nSPS) is 17.6. The van der Waals surface area contributed by atoms with Crippen molar-refractivity contribution >= 4 is 27.5 Å². The summed E-state index contributed by atoms with van der Waals surface area (Å²) in [5.74, 6) is 3.21. The number of ether oxygens (including phenoxy) is 1. The molecule has 1 amide bonds. The first-order valence-corrected chi connectivity index (χ1v) is 7.08. The summed E-state index contributed by atoms with van der Waals surface area (Å²) in [6.07, 6.45) is 9.09. The molecule has 1 aliphatic rings. The second kappa shape index (κ2) is 8.12. The fourth-order valence-corrected chi connectivity index (χ4v) is 2.62. The first-order valence-electron chi connectivity index (χ1n) is 6.29. The van der Waals surface area contributed by atoms with Gasteiger partial charge in [0, 0.05) is 45.7 Å². The van der Waals surface area contributed by atoms with Crippen LogP contribution in [0.15, 0.2) is 22.7 Å². The van der Waals surface area contributed by atoms with Crippen LogP contribution in [0.2, 0.25) is 0 Å². The third-order valence-electron chi connectivity index (χ3n) is 3.18. The molecule has 1 aliphatic heterocycles. The van der Waals surface area contributed by atoms with E-state index >= 15 is 0 Å². The number of hydrogen-bond donors (Lipinski definition) is 0. The van der Waals surface area contributed by atoms with Gasteiger partial charge in [0.1, 0.15) is 12.4 Å². The second-order valence-corrected chi connectivity index (χ2v) is 5.52. The van der Waals surface area contributed by atoms with Crippen molar-refractivity contribution in [3.8, 4) is 18.1 Å². The second-order valence-electron chi connectivity index (χ2n) is 4.66. The van der Waals surface area contributed by atoms with Crippen LogP contribution in [0.3, 0.4) is 0 Å². The van der Waals surface area contributed by atoms with Crippen molar-refractivity contribution in [1.82, 2.24) is 4.90 Å². The molecule has 2 rings (SSSR count). The van der Waals surface area contributed by atoms with E-state index in [1.54, 1.807) is 11.9 Å². The van der Waals surface area contributed by atoms with Gasteiger partial charge in [-0.05, 0) is 12.1 Å². The van der Waals surface area contributed by atoms with Crippen LogP contribution < -0.4 is 4.74 Å². The average molecular weight is 422 g/mol. The zero-order valence-corrected chi connectivity index (χ0v) is 16.4. The minimum atomic E-state index is -0.0132. The molecule has 5 heteroatoms. The fraction of sp³-hybridized carbons (Fsp3) is 0.312. The maximum atomic E-state index is 12.0. The molecule has 0 bridgehead atoms. The van der Waals surface area contributed by atoms with Gasteiger partial charge in [-0.1, -0.05) is 39.7 Å². The van der Waals surface area contributed by atoms with E-state index in [1.165, 1.54) is 0 Å². The summed E-state index contributed by atoms with van der Waals surface area (Å²) in [5.41, 5.74) is 1.71. The molecule has 1 atom stereocenters. The van der Waals surface area contributed by atoms with Crippen molar-refractivity contribution in [2.45, 2.75) is 13.3 Å². The van der Waals surface area contributed by atoms with E-state index in [9.17, 15) is 4.79 Å². The number of nitrogens with zero attached hydrogens (tertiary/aromatic N) is 1. The van der Waals surface area contributed by atoms with Crippen LogP contribution in [-0.2, 0) is 37.5 Å². The molecule has 0 fully saturated rings. The van der Waals surface area contributed by atoms with Gasteiger partial charge in [0.05, 0.1) is 0 Å². The summed E-state index contributed by atoms with van der Waals surface area (Å²) in [7, 11) is 1.77. The summed E-state index contributed by atoms with van der Waals surface area (Å²) in [4.78, 5) is 13.7. The van der Waals surface area contributed by atoms with Crippen molar-refractivity contribution in [3.63, 3.8) is 0 Å². The summed E-state index contributed by atoms with van der Waals surface area (Å²) >= 11 is 3.51. The van der Waals surface area contributed by atoms with E-state index < -0.39 is 0 Å². The quantitative estimate of drug-likeness (QED) is 0.554. The third kappa shape index (κ3) is 4.19. The maximum absolute atomic E-state index is 12.0. The first kappa shape index (κ1) is 18.4. The molecule has 0 aliphatic carbocycles. The molecule has 107 valence electrons. The van der Waals surface area contributed by atoms with Gasteiger partial charge in [-0.3, -0.25) is 4.79 Å². The van der Waals surface area contributed by atoms with Crippen LogP contribution in [0.4, 0.5) is 0 Å². The SMILES string of the molecule is C#CCOc1ccc(C2=[C-]CC(C)C(=O)N2C)c(Br)c1.[Y]. The Labute approximate surface area is 159 Å². The number of hydrogen-bond acceptors (Lipinski definition) is 2. The summed E-state index contributed by atoms with van der Waals surface area (Å²) < 4.78 is 6.22. The molecule has 0 spiro atoms. The molecule has 1 heterocycles. The van der Waals surface area contributed by atoms with Crippen molar-refractivity contribution in [2.24, 2.45) is 5.92 Å². The molecule has 1 radical (unpaired) electrons. The number of rotatable bonds is 3. The predicted molar refractivity (Wildman–Crippen MR) is 81.7 cm³/mol. The topological polar surface area (TPSA) is 29.5 Å². The number of terminal acetylenes is 1. The Morgan fingerprint density at radius 1 is 1.57 bits per heavy atom. The summed E-state index contributed by atoms with van der Waals surface area (Å²) in [6, 6.07) is 5.58. The molecule has 1 unspecified atom stereocenters. The predicted octanol–water partition coefficient (Wildman–Crippen LogP) is 3.10. The number of benzene rings is 1. The average Bonchev–Trinajstić information content (AvgIpc) is 2.44. The van der Waals surface area contributed by atoms with Crippen LogP contribution in [0, 0.1) is 24.3 Å². The number of allylic oxidation sites excluding steroid dienone is 1. The van der Waals surface area contributed by atoms with Gasteiger partial charge in [0.2, 0.25) is 5.91 Å². The Bertz CT molecular complexity index is 607. The van der Waals surface area contributed by atoms with Gasteiger partial charge in [0.15, 0.2) is 0 Å². The molecule has 0 N–H and O–H groups in total. The number of carbonyl (C=O) groups is 1. The van der Waals surface area contributed by atoms with Crippen LogP contribution in [0.1, 0.15) is 18.9 Å². The molecule has 0 saturated heterocycles. The fourth-order valence-electron chi connectivity index (χ4n) is 2.08. The molecular formula is C16H15BrNO2Y-. The number of halogens is 1. The van der Waals surface area contributed by atoms with Crippen molar-refractivity contribution in [3.05, 3.63) is 34.3 Å². The molecule has 21 heavy (non-hydrogen) atoms. The van der Waals surface area contributed by atoms with E-state index in [-0.39, 0.29) is 51.1 Å².